The Bertz CT molecular complexity index is 1400. The first-order chi connectivity index (χ1) is 15.5. The van der Waals surface area contributed by atoms with E-state index in [-0.39, 0.29) is 10.5 Å². The molecule has 1 aliphatic rings. The van der Waals surface area contributed by atoms with Crippen molar-refractivity contribution in [2.75, 3.05) is 16.2 Å². The number of nitrogens with one attached hydrogen (secondary N) is 1. The number of hydrogen-bond donors (Lipinski definition) is 1. The number of sulfonamides is 1. The van der Waals surface area contributed by atoms with Gasteiger partial charge in [0, 0.05) is 17.8 Å². The SMILES string of the molecule is O=C(Nc1cccc(-n2cnnn2)c1)c1cccc(S(=O)(=O)N2CCc3ccccc32)c1. The van der Waals surface area contributed by atoms with E-state index in [0.29, 0.717) is 30.0 Å². The third-order valence-electron chi connectivity index (χ3n) is 5.25. The molecule has 1 amide bonds. The number of carbonyl (C=O) groups excluding carboxylic acids is 1. The van der Waals surface area contributed by atoms with Crippen LogP contribution in [-0.4, -0.2) is 41.1 Å². The van der Waals surface area contributed by atoms with E-state index in [2.05, 4.69) is 20.8 Å². The van der Waals surface area contributed by atoms with Gasteiger partial charge in [-0.05, 0) is 64.9 Å². The number of para-hydroxylation sites is 1. The van der Waals surface area contributed by atoms with Crippen LogP contribution in [0.5, 0.6) is 0 Å². The third-order valence-corrected chi connectivity index (χ3v) is 7.06. The fourth-order valence-electron chi connectivity index (χ4n) is 3.69. The highest BCUT2D eigenvalue weighted by Crippen LogP contribution is 2.32. The Morgan fingerprint density at radius 3 is 2.66 bits per heavy atom. The lowest BCUT2D eigenvalue weighted by Crippen LogP contribution is -2.29. The van der Waals surface area contributed by atoms with Gasteiger partial charge in [-0.1, -0.05) is 30.3 Å². The number of fused-ring (bicyclic) bond motifs is 1. The molecule has 0 fully saturated rings. The summed E-state index contributed by atoms with van der Waals surface area (Å²) >= 11 is 0. The van der Waals surface area contributed by atoms with E-state index < -0.39 is 15.9 Å². The van der Waals surface area contributed by atoms with Crippen LogP contribution >= 0.6 is 0 Å². The summed E-state index contributed by atoms with van der Waals surface area (Å²) in [5.74, 6) is -0.419. The molecule has 0 unspecified atom stereocenters. The molecule has 32 heavy (non-hydrogen) atoms. The Balaban J connectivity index is 1.40. The number of nitrogens with zero attached hydrogens (tertiary/aromatic N) is 5. The van der Waals surface area contributed by atoms with Crippen LogP contribution in [0.15, 0.2) is 84.0 Å². The standard InChI is InChI=1S/C22H18N6O3S/c29-22(24-18-7-4-8-19(14-18)27-15-23-25-26-27)17-6-3-9-20(13-17)32(30,31)28-12-11-16-5-1-2-10-21(16)28/h1-10,13-15H,11-12H2,(H,24,29). The van der Waals surface area contributed by atoms with Gasteiger partial charge < -0.3 is 5.32 Å². The number of benzene rings is 3. The van der Waals surface area contributed by atoms with Gasteiger partial charge in [0.2, 0.25) is 0 Å². The maximum Gasteiger partial charge on any atom is 0.264 e. The second-order valence-electron chi connectivity index (χ2n) is 7.24. The van der Waals surface area contributed by atoms with Crippen molar-refractivity contribution in [1.82, 2.24) is 20.2 Å². The summed E-state index contributed by atoms with van der Waals surface area (Å²) < 4.78 is 29.4. The van der Waals surface area contributed by atoms with E-state index in [9.17, 15) is 13.2 Å². The fourth-order valence-corrected chi connectivity index (χ4v) is 5.24. The van der Waals surface area contributed by atoms with Crippen LogP contribution in [0.3, 0.4) is 0 Å². The Hall–Kier alpha value is -4.05. The zero-order valence-corrected chi connectivity index (χ0v) is 17.6. The lowest BCUT2D eigenvalue weighted by molar-refractivity contribution is 0.102. The smallest absolute Gasteiger partial charge is 0.264 e. The largest absolute Gasteiger partial charge is 0.322 e. The van der Waals surface area contributed by atoms with Gasteiger partial charge in [-0.25, -0.2) is 13.1 Å². The van der Waals surface area contributed by atoms with Crippen molar-refractivity contribution < 1.29 is 13.2 Å². The molecule has 10 heteroatoms. The van der Waals surface area contributed by atoms with E-state index in [1.165, 1.54) is 27.4 Å². The summed E-state index contributed by atoms with van der Waals surface area (Å²) in [5, 5.41) is 13.8. The average Bonchev–Trinajstić information content (AvgIpc) is 3.50. The first-order valence-corrected chi connectivity index (χ1v) is 11.3. The first-order valence-electron chi connectivity index (χ1n) is 9.88. The number of aromatic nitrogens is 4. The molecule has 5 rings (SSSR count). The molecule has 160 valence electrons. The topological polar surface area (TPSA) is 110 Å². The normalized spacial score (nSPS) is 13.1. The molecule has 0 saturated heterocycles. The van der Waals surface area contributed by atoms with Crippen molar-refractivity contribution in [3.63, 3.8) is 0 Å². The lowest BCUT2D eigenvalue weighted by atomic mass is 10.2. The van der Waals surface area contributed by atoms with Crippen LogP contribution in [-0.2, 0) is 16.4 Å². The molecule has 1 N–H and O–H groups in total. The summed E-state index contributed by atoms with van der Waals surface area (Å²) in [6.07, 6.45) is 2.11. The maximum atomic E-state index is 13.3. The minimum absolute atomic E-state index is 0.0734. The third kappa shape index (κ3) is 3.60. The van der Waals surface area contributed by atoms with Crippen LogP contribution < -0.4 is 9.62 Å². The molecule has 0 spiro atoms. The van der Waals surface area contributed by atoms with Crippen molar-refractivity contribution in [1.29, 1.82) is 0 Å². The molecule has 1 aliphatic heterocycles. The van der Waals surface area contributed by atoms with Gasteiger partial charge in [0.15, 0.2) is 0 Å². The van der Waals surface area contributed by atoms with Gasteiger partial charge in [-0.3, -0.25) is 9.10 Å². The summed E-state index contributed by atoms with van der Waals surface area (Å²) in [6, 6.07) is 20.5. The van der Waals surface area contributed by atoms with Crippen LogP contribution in [0.2, 0.25) is 0 Å². The molecule has 1 aromatic heterocycles. The monoisotopic (exact) mass is 446 g/mol. The Labute approximate surface area is 184 Å². The number of carbonyl (C=O) groups is 1. The quantitative estimate of drug-likeness (QED) is 0.505. The van der Waals surface area contributed by atoms with Crippen molar-refractivity contribution >= 4 is 27.3 Å². The fraction of sp³-hybridized carbons (Fsp3) is 0.0909. The number of hydrogen-bond acceptors (Lipinski definition) is 6. The predicted molar refractivity (Wildman–Crippen MR) is 118 cm³/mol. The van der Waals surface area contributed by atoms with Gasteiger partial charge in [0.1, 0.15) is 6.33 Å². The van der Waals surface area contributed by atoms with Crippen LogP contribution in [0.4, 0.5) is 11.4 Å². The van der Waals surface area contributed by atoms with Gasteiger partial charge in [0.25, 0.3) is 15.9 Å². The van der Waals surface area contributed by atoms with Crippen LogP contribution in [0.1, 0.15) is 15.9 Å². The van der Waals surface area contributed by atoms with E-state index in [1.807, 2.05) is 18.2 Å². The molecule has 0 saturated carbocycles. The van der Waals surface area contributed by atoms with Gasteiger partial charge >= 0.3 is 0 Å². The van der Waals surface area contributed by atoms with Crippen molar-refractivity contribution in [3.8, 4) is 5.69 Å². The molecule has 3 aromatic carbocycles. The molecule has 0 radical (unpaired) electrons. The number of anilines is 2. The Kier molecular flexibility index (Phi) is 4.91. The average molecular weight is 446 g/mol. The van der Waals surface area contributed by atoms with Crippen LogP contribution in [0, 0.1) is 0 Å². The minimum atomic E-state index is -3.79. The zero-order chi connectivity index (χ0) is 22.1. The molecule has 9 nitrogen and oxygen atoms in total. The summed E-state index contributed by atoms with van der Waals surface area (Å²) in [6.45, 7) is 0.377. The second-order valence-corrected chi connectivity index (χ2v) is 9.10. The van der Waals surface area contributed by atoms with Crippen molar-refractivity contribution in [2.45, 2.75) is 11.3 Å². The van der Waals surface area contributed by atoms with E-state index in [1.54, 1.807) is 42.5 Å². The highest BCUT2D eigenvalue weighted by atomic mass is 32.2. The van der Waals surface area contributed by atoms with E-state index in [0.717, 1.165) is 5.56 Å². The number of amides is 1. The molecule has 0 atom stereocenters. The molecule has 4 aromatic rings. The predicted octanol–water partition coefficient (Wildman–Crippen LogP) is 2.67. The second kappa shape index (κ2) is 7.89. The van der Waals surface area contributed by atoms with Gasteiger partial charge in [-0.15, -0.1) is 5.10 Å². The number of tetrazole rings is 1. The molecular formula is C22H18N6O3S. The highest BCUT2D eigenvalue weighted by Gasteiger charge is 2.30. The summed E-state index contributed by atoms with van der Waals surface area (Å²) in [4.78, 5) is 12.9. The summed E-state index contributed by atoms with van der Waals surface area (Å²) in [7, 11) is -3.79. The first kappa shape index (κ1) is 19.9. The molecule has 0 aliphatic carbocycles. The molecule has 2 heterocycles. The van der Waals surface area contributed by atoms with E-state index in [4.69, 9.17) is 0 Å². The van der Waals surface area contributed by atoms with Crippen molar-refractivity contribution in [3.05, 3.63) is 90.3 Å². The van der Waals surface area contributed by atoms with Crippen LogP contribution in [0.25, 0.3) is 5.69 Å². The lowest BCUT2D eigenvalue weighted by Gasteiger charge is -2.20. The minimum Gasteiger partial charge on any atom is -0.322 e. The summed E-state index contributed by atoms with van der Waals surface area (Å²) in [5.41, 5.74) is 3.13. The molecule has 0 bridgehead atoms. The Morgan fingerprint density at radius 2 is 1.81 bits per heavy atom. The Morgan fingerprint density at radius 1 is 0.969 bits per heavy atom. The highest BCUT2D eigenvalue weighted by molar-refractivity contribution is 7.92. The van der Waals surface area contributed by atoms with Gasteiger partial charge in [0.05, 0.1) is 16.3 Å². The number of rotatable bonds is 5. The van der Waals surface area contributed by atoms with E-state index >= 15 is 0 Å². The molecular weight excluding hydrogens is 428 g/mol. The zero-order valence-electron chi connectivity index (χ0n) is 16.8. The van der Waals surface area contributed by atoms with Gasteiger partial charge in [-0.2, -0.15) is 0 Å². The maximum absolute atomic E-state index is 13.3. The van der Waals surface area contributed by atoms with Crippen molar-refractivity contribution in [2.24, 2.45) is 0 Å².